The fourth-order valence-corrected chi connectivity index (χ4v) is 2.12. The second-order valence-corrected chi connectivity index (χ2v) is 5.16. The van der Waals surface area contributed by atoms with Crippen LogP contribution in [0.15, 0.2) is 24.7 Å². The average Bonchev–Trinajstić information content (AvgIpc) is 2.86. The molecule has 0 N–H and O–H groups in total. The quantitative estimate of drug-likeness (QED) is 0.823. The van der Waals surface area contributed by atoms with Gasteiger partial charge in [0.05, 0.1) is 6.54 Å². The van der Waals surface area contributed by atoms with Crippen LogP contribution in [0.25, 0.3) is 0 Å². The van der Waals surface area contributed by atoms with Crippen LogP contribution in [0.4, 0.5) is 13.2 Å². The standard InChI is InChI=1S/C14H18F3N5/c1-3-6-22-10-19-20-13(22)9-21(2)8-11-4-5-12(18-7-11)14(15,16)17/h4-5,7,10H,3,6,8-9H2,1-2H3. The topological polar surface area (TPSA) is 46.8 Å². The number of aryl methyl sites for hydroxylation is 1. The molecule has 0 unspecified atom stereocenters. The summed E-state index contributed by atoms with van der Waals surface area (Å²) in [4.78, 5) is 5.42. The Labute approximate surface area is 126 Å². The Morgan fingerprint density at radius 2 is 2.00 bits per heavy atom. The monoisotopic (exact) mass is 313 g/mol. The predicted molar refractivity (Wildman–Crippen MR) is 74.7 cm³/mol. The van der Waals surface area contributed by atoms with E-state index in [0.717, 1.165) is 30.4 Å². The average molecular weight is 313 g/mol. The molecule has 2 rings (SSSR count). The van der Waals surface area contributed by atoms with Gasteiger partial charge in [-0.15, -0.1) is 10.2 Å². The predicted octanol–water partition coefficient (Wildman–Crippen LogP) is 2.73. The Morgan fingerprint density at radius 3 is 2.59 bits per heavy atom. The molecule has 2 aromatic heterocycles. The van der Waals surface area contributed by atoms with Crippen molar-refractivity contribution in [3.8, 4) is 0 Å². The van der Waals surface area contributed by atoms with Crippen LogP contribution < -0.4 is 0 Å². The fraction of sp³-hybridized carbons (Fsp3) is 0.500. The normalized spacial score (nSPS) is 12.1. The van der Waals surface area contributed by atoms with E-state index in [9.17, 15) is 13.2 Å². The molecule has 0 radical (unpaired) electrons. The maximum absolute atomic E-state index is 12.5. The molecule has 0 atom stereocenters. The van der Waals surface area contributed by atoms with Crippen molar-refractivity contribution in [3.63, 3.8) is 0 Å². The van der Waals surface area contributed by atoms with E-state index in [1.54, 1.807) is 6.33 Å². The highest BCUT2D eigenvalue weighted by atomic mass is 19.4. The molecular formula is C14H18F3N5. The van der Waals surface area contributed by atoms with Gasteiger partial charge in [0.2, 0.25) is 0 Å². The minimum absolute atomic E-state index is 0.490. The van der Waals surface area contributed by atoms with Crippen LogP contribution in [0.3, 0.4) is 0 Å². The summed E-state index contributed by atoms with van der Waals surface area (Å²) in [6, 6.07) is 2.45. The third-order valence-electron chi connectivity index (χ3n) is 3.14. The number of hydrogen-bond acceptors (Lipinski definition) is 4. The number of rotatable bonds is 6. The zero-order valence-electron chi connectivity index (χ0n) is 12.5. The van der Waals surface area contributed by atoms with Gasteiger partial charge in [-0.1, -0.05) is 13.0 Å². The zero-order chi connectivity index (χ0) is 16.2. The highest BCUT2D eigenvalue weighted by Crippen LogP contribution is 2.27. The van der Waals surface area contributed by atoms with Gasteiger partial charge in [-0.2, -0.15) is 13.2 Å². The lowest BCUT2D eigenvalue weighted by molar-refractivity contribution is -0.141. The number of hydrogen-bond donors (Lipinski definition) is 0. The van der Waals surface area contributed by atoms with E-state index in [1.807, 2.05) is 16.5 Å². The van der Waals surface area contributed by atoms with Gasteiger partial charge >= 0.3 is 6.18 Å². The zero-order valence-corrected chi connectivity index (χ0v) is 12.5. The van der Waals surface area contributed by atoms with Gasteiger partial charge in [0.15, 0.2) is 0 Å². The first-order valence-electron chi connectivity index (χ1n) is 6.97. The largest absolute Gasteiger partial charge is 0.433 e. The Morgan fingerprint density at radius 1 is 1.23 bits per heavy atom. The van der Waals surface area contributed by atoms with Crippen molar-refractivity contribution in [3.05, 3.63) is 41.7 Å². The van der Waals surface area contributed by atoms with Crippen molar-refractivity contribution in [1.82, 2.24) is 24.6 Å². The summed E-state index contributed by atoms with van der Waals surface area (Å²) in [5.74, 6) is 0.837. The Balaban J connectivity index is 1.97. The van der Waals surface area contributed by atoms with Gasteiger partial charge in [0, 0.05) is 19.3 Å². The summed E-state index contributed by atoms with van der Waals surface area (Å²) in [6.45, 7) is 3.98. The number of nitrogens with zero attached hydrogens (tertiary/aromatic N) is 5. The lowest BCUT2D eigenvalue weighted by Gasteiger charge is -2.16. The lowest BCUT2D eigenvalue weighted by atomic mass is 10.2. The van der Waals surface area contributed by atoms with Crippen molar-refractivity contribution in [2.45, 2.75) is 39.2 Å². The number of pyridine rings is 1. The number of aromatic nitrogens is 4. The second kappa shape index (κ2) is 6.87. The first-order chi connectivity index (χ1) is 10.4. The van der Waals surface area contributed by atoms with Gasteiger partial charge in [-0.25, -0.2) is 0 Å². The van der Waals surface area contributed by atoms with Gasteiger partial charge in [0.25, 0.3) is 0 Å². The second-order valence-electron chi connectivity index (χ2n) is 5.16. The summed E-state index contributed by atoms with van der Waals surface area (Å²) in [6.07, 6.45) is -0.471. The molecule has 0 aliphatic carbocycles. The number of halogens is 3. The van der Waals surface area contributed by atoms with Gasteiger partial charge < -0.3 is 4.57 Å². The van der Waals surface area contributed by atoms with Crippen molar-refractivity contribution >= 4 is 0 Å². The van der Waals surface area contributed by atoms with Gasteiger partial charge in [-0.3, -0.25) is 9.88 Å². The van der Waals surface area contributed by atoms with Crippen LogP contribution in [0, 0.1) is 0 Å². The molecule has 0 saturated carbocycles. The van der Waals surface area contributed by atoms with Crippen LogP contribution in [0.5, 0.6) is 0 Å². The highest BCUT2D eigenvalue weighted by molar-refractivity contribution is 5.15. The van der Waals surface area contributed by atoms with Gasteiger partial charge in [-0.05, 0) is 25.1 Å². The van der Waals surface area contributed by atoms with Crippen LogP contribution in [0.2, 0.25) is 0 Å². The minimum atomic E-state index is -4.40. The number of alkyl halides is 3. The third kappa shape index (κ3) is 4.27. The molecular weight excluding hydrogens is 295 g/mol. The maximum Gasteiger partial charge on any atom is 0.433 e. The smallest absolute Gasteiger partial charge is 0.317 e. The molecule has 2 aromatic rings. The van der Waals surface area contributed by atoms with Crippen LogP contribution in [-0.2, 0) is 25.8 Å². The van der Waals surface area contributed by atoms with Gasteiger partial charge in [0.1, 0.15) is 17.8 Å². The first kappa shape index (κ1) is 16.4. The molecule has 0 aromatic carbocycles. The molecule has 0 fully saturated rings. The van der Waals surface area contributed by atoms with Crippen molar-refractivity contribution in [2.24, 2.45) is 0 Å². The summed E-state index contributed by atoms with van der Waals surface area (Å²) < 4.78 is 39.4. The molecule has 0 bridgehead atoms. The Kier molecular flexibility index (Phi) is 5.12. The van der Waals surface area contributed by atoms with Crippen molar-refractivity contribution < 1.29 is 13.2 Å². The van der Waals surface area contributed by atoms with E-state index < -0.39 is 11.9 Å². The van der Waals surface area contributed by atoms with Crippen LogP contribution >= 0.6 is 0 Å². The van der Waals surface area contributed by atoms with Crippen molar-refractivity contribution in [2.75, 3.05) is 7.05 Å². The molecule has 0 spiro atoms. The minimum Gasteiger partial charge on any atom is -0.317 e. The van der Waals surface area contributed by atoms with E-state index in [0.29, 0.717) is 13.1 Å². The lowest BCUT2D eigenvalue weighted by Crippen LogP contribution is -2.20. The molecule has 8 heteroatoms. The summed E-state index contributed by atoms with van der Waals surface area (Å²) in [5, 5.41) is 7.96. The first-order valence-corrected chi connectivity index (χ1v) is 6.97. The highest BCUT2D eigenvalue weighted by Gasteiger charge is 2.32. The third-order valence-corrected chi connectivity index (χ3v) is 3.14. The molecule has 0 saturated heterocycles. The summed E-state index contributed by atoms with van der Waals surface area (Å²) in [5.41, 5.74) is -0.154. The molecule has 0 aliphatic heterocycles. The molecule has 2 heterocycles. The summed E-state index contributed by atoms with van der Waals surface area (Å²) >= 11 is 0. The summed E-state index contributed by atoms with van der Waals surface area (Å²) in [7, 11) is 1.88. The molecule has 0 amide bonds. The molecule has 5 nitrogen and oxygen atoms in total. The van der Waals surface area contributed by atoms with Crippen molar-refractivity contribution in [1.29, 1.82) is 0 Å². The fourth-order valence-electron chi connectivity index (χ4n) is 2.12. The van der Waals surface area contributed by atoms with Crippen LogP contribution in [-0.4, -0.2) is 31.7 Å². The Bertz CT molecular complexity index is 591. The Hall–Kier alpha value is -1.96. The maximum atomic E-state index is 12.5. The van der Waals surface area contributed by atoms with E-state index in [2.05, 4.69) is 22.1 Å². The van der Waals surface area contributed by atoms with E-state index >= 15 is 0 Å². The molecule has 22 heavy (non-hydrogen) atoms. The van der Waals surface area contributed by atoms with E-state index in [-0.39, 0.29) is 0 Å². The molecule has 0 aliphatic rings. The SMILES string of the molecule is CCCn1cnnc1CN(C)Cc1ccc(C(F)(F)F)nc1. The van der Waals surface area contributed by atoms with Crippen LogP contribution in [0.1, 0.15) is 30.4 Å². The van der Waals surface area contributed by atoms with E-state index in [1.165, 1.54) is 12.3 Å². The molecule has 120 valence electrons. The van der Waals surface area contributed by atoms with E-state index in [4.69, 9.17) is 0 Å².